The van der Waals surface area contributed by atoms with Gasteiger partial charge in [-0.3, -0.25) is 24.1 Å². The number of imide groups is 1. The van der Waals surface area contributed by atoms with Crippen LogP contribution in [0, 0.1) is 17.8 Å². The molecule has 4 atom stereocenters. The van der Waals surface area contributed by atoms with E-state index in [1.807, 2.05) is 30.3 Å². The summed E-state index contributed by atoms with van der Waals surface area (Å²) in [6.45, 7) is 2.00. The molecule has 1 aromatic rings. The van der Waals surface area contributed by atoms with Gasteiger partial charge >= 0.3 is 0 Å². The number of hydrogen-bond donors (Lipinski definition) is 0. The van der Waals surface area contributed by atoms with E-state index in [1.54, 1.807) is 11.8 Å². The van der Waals surface area contributed by atoms with Gasteiger partial charge in [0.05, 0.1) is 11.8 Å². The third-order valence-corrected chi connectivity index (χ3v) is 6.98. The maximum Gasteiger partial charge on any atom is 0.249 e. The Bertz CT molecular complexity index is 896. The first-order valence-corrected chi connectivity index (χ1v) is 9.82. The molecule has 0 N–H and O–H groups in total. The Balaban J connectivity index is 1.57. The van der Waals surface area contributed by atoms with Crippen molar-refractivity contribution in [1.82, 2.24) is 14.7 Å². The number of piperazine rings is 1. The minimum Gasteiger partial charge on any atom is -0.327 e. The molecular weight excluding hydrogens is 358 g/mol. The van der Waals surface area contributed by atoms with Crippen molar-refractivity contribution >= 4 is 23.6 Å². The van der Waals surface area contributed by atoms with Crippen LogP contribution < -0.4 is 0 Å². The van der Waals surface area contributed by atoms with Gasteiger partial charge in [0.25, 0.3) is 0 Å². The Morgan fingerprint density at radius 3 is 2.36 bits per heavy atom. The molecule has 1 aliphatic carbocycles. The number of rotatable bonds is 3. The lowest BCUT2D eigenvalue weighted by Crippen LogP contribution is -2.68. The second-order valence-corrected chi connectivity index (χ2v) is 8.63. The van der Waals surface area contributed by atoms with Crippen LogP contribution in [0.5, 0.6) is 0 Å². The molecule has 3 heterocycles. The van der Waals surface area contributed by atoms with Crippen LogP contribution in [0.4, 0.5) is 0 Å². The molecule has 146 valence electrons. The van der Waals surface area contributed by atoms with Crippen molar-refractivity contribution in [1.29, 1.82) is 0 Å². The van der Waals surface area contributed by atoms with Crippen molar-refractivity contribution in [2.75, 3.05) is 13.6 Å². The summed E-state index contributed by atoms with van der Waals surface area (Å²) in [5.74, 6) is -2.16. The van der Waals surface area contributed by atoms with E-state index in [1.165, 1.54) is 11.9 Å². The van der Waals surface area contributed by atoms with Gasteiger partial charge < -0.3 is 9.80 Å². The summed E-state index contributed by atoms with van der Waals surface area (Å²) in [5.41, 5.74) is -0.362. The molecule has 3 unspecified atom stereocenters. The largest absolute Gasteiger partial charge is 0.327 e. The highest BCUT2D eigenvalue weighted by molar-refractivity contribution is 6.12. The monoisotopic (exact) mass is 381 g/mol. The van der Waals surface area contributed by atoms with Crippen molar-refractivity contribution in [2.24, 2.45) is 17.8 Å². The number of hydrogen-bond acceptors (Lipinski definition) is 4. The Kier molecular flexibility index (Phi) is 3.51. The summed E-state index contributed by atoms with van der Waals surface area (Å²) >= 11 is 0. The predicted molar refractivity (Wildman–Crippen MR) is 98.4 cm³/mol. The first kappa shape index (κ1) is 17.4. The predicted octanol–water partition coefficient (Wildman–Crippen LogP) is 0.639. The standard InChI is InChI=1S/C21H23N3O4/c1-21-16-15(18(26)22(2)19(16)27)17(13-8-9-13)24(21)14(25)11-23(20(21)28)10-12-6-4-3-5-7-12/h3-7,13,15-17H,8-11H2,1-2H3/t15?,16?,17?,21-/m1/s1. The maximum absolute atomic E-state index is 13.6. The summed E-state index contributed by atoms with van der Waals surface area (Å²) in [6, 6.07) is 9.16. The number of benzene rings is 1. The molecule has 0 bridgehead atoms. The first-order chi connectivity index (χ1) is 13.4. The minimum atomic E-state index is -1.29. The van der Waals surface area contributed by atoms with Gasteiger partial charge in [-0.05, 0) is 31.2 Å². The first-order valence-electron chi connectivity index (χ1n) is 9.82. The molecular formula is C21H23N3O4. The molecule has 0 aromatic heterocycles. The van der Waals surface area contributed by atoms with Crippen LogP contribution >= 0.6 is 0 Å². The normalized spacial score (nSPS) is 34.9. The zero-order chi connectivity index (χ0) is 19.8. The van der Waals surface area contributed by atoms with Crippen molar-refractivity contribution in [3.05, 3.63) is 35.9 Å². The molecule has 5 rings (SSSR count). The number of likely N-dealkylation sites (tertiary alicyclic amines) is 1. The quantitative estimate of drug-likeness (QED) is 0.720. The van der Waals surface area contributed by atoms with Crippen LogP contribution in [0.25, 0.3) is 0 Å². The Morgan fingerprint density at radius 2 is 1.71 bits per heavy atom. The Morgan fingerprint density at radius 1 is 1.04 bits per heavy atom. The van der Waals surface area contributed by atoms with E-state index < -0.39 is 17.4 Å². The Labute approximate surface area is 163 Å². The molecule has 28 heavy (non-hydrogen) atoms. The topological polar surface area (TPSA) is 78.0 Å². The molecule has 7 nitrogen and oxygen atoms in total. The number of amides is 4. The smallest absolute Gasteiger partial charge is 0.249 e. The molecule has 0 spiro atoms. The fourth-order valence-corrected chi connectivity index (χ4v) is 5.56. The highest BCUT2D eigenvalue weighted by Gasteiger charge is 2.73. The average molecular weight is 381 g/mol. The van der Waals surface area contributed by atoms with E-state index in [-0.39, 0.29) is 42.1 Å². The highest BCUT2D eigenvalue weighted by atomic mass is 16.2. The van der Waals surface area contributed by atoms with Crippen molar-refractivity contribution in [3.63, 3.8) is 0 Å². The van der Waals surface area contributed by atoms with Crippen LogP contribution in [0.1, 0.15) is 25.3 Å². The van der Waals surface area contributed by atoms with Gasteiger partial charge in [0, 0.05) is 19.6 Å². The van der Waals surface area contributed by atoms with E-state index in [2.05, 4.69) is 0 Å². The van der Waals surface area contributed by atoms with Gasteiger partial charge in [-0.1, -0.05) is 30.3 Å². The van der Waals surface area contributed by atoms with Crippen molar-refractivity contribution in [2.45, 2.75) is 37.9 Å². The third kappa shape index (κ3) is 2.10. The number of fused-ring (bicyclic) bond motifs is 3. The summed E-state index contributed by atoms with van der Waals surface area (Å²) < 4.78 is 0. The van der Waals surface area contributed by atoms with Gasteiger partial charge in [0.15, 0.2) is 0 Å². The number of carbonyl (C=O) groups excluding carboxylic acids is 4. The average Bonchev–Trinajstić information content (AvgIpc) is 3.44. The lowest BCUT2D eigenvalue weighted by atomic mass is 9.79. The molecule has 4 amide bonds. The van der Waals surface area contributed by atoms with E-state index in [0.717, 1.165) is 23.3 Å². The van der Waals surface area contributed by atoms with Gasteiger partial charge in [0.1, 0.15) is 12.1 Å². The van der Waals surface area contributed by atoms with E-state index in [0.29, 0.717) is 6.54 Å². The number of carbonyl (C=O) groups is 4. The van der Waals surface area contributed by atoms with Gasteiger partial charge in [-0.15, -0.1) is 0 Å². The molecule has 4 aliphatic rings. The second-order valence-electron chi connectivity index (χ2n) is 8.63. The highest BCUT2D eigenvalue weighted by Crippen LogP contribution is 2.56. The molecule has 0 radical (unpaired) electrons. The Hall–Kier alpha value is -2.70. The summed E-state index contributed by atoms with van der Waals surface area (Å²) in [6.07, 6.45) is 1.86. The summed E-state index contributed by atoms with van der Waals surface area (Å²) in [7, 11) is 1.48. The zero-order valence-corrected chi connectivity index (χ0v) is 16.0. The van der Waals surface area contributed by atoms with Crippen molar-refractivity contribution in [3.8, 4) is 0 Å². The lowest BCUT2D eigenvalue weighted by Gasteiger charge is -2.47. The SMILES string of the molecule is CN1C(=O)C2C(C3CC3)N3C(=O)CN(Cc4ccccc4)C(=O)[C@@]3(C)C2C1=O. The van der Waals surface area contributed by atoms with E-state index >= 15 is 0 Å². The van der Waals surface area contributed by atoms with Crippen molar-refractivity contribution < 1.29 is 19.2 Å². The molecule has 7 heteroatoms. The molecule has 3 aliphatic heterocycles. The van der Waals surface area contributed by atoms with Gasteiger partial charge in [-0.2, -0.15) is 0 Å². The third-order valence-electron chi connectivity index (χ3n) is 6.98. The van der Waals surface area contributed by atoms with Gasteiger partial charge in [-0.25, -0.2) is 0 Å². The summed E-state index contributed by atoms with van der Waals surface area (Å²) in [4.78, 5) is 56.9. The minimum absolute atomic E-state index is 0.00972. The fraction of sp³-hybridized carbons (Fsp3) is 0.524. The fourth-order valence-electron chi connectivity index (χ4n) is 5.56. The van der Waals surface area contributed by atoms with E-state index in [9.17, 15) is 19.2 Å². The molecule has 3 saturated heterocycles. The molecule has 4 fully saturated rings. The van der Waals surface area contributed by atoms with Crippen LogP contribution in [0.3, 0.4) is 0 Å². The summed E-state index contributed by atoms with van der Waals surface area (Å²) in [5, 5.41) is 0. The second kappa shape index (κ2) is 5.65. The van der Waals surface area contributed by atoms with E-state index in [4.69, 9.17) is 0 Å². The molecule has 1 aromatic carbocycles. The molecule has 1 saturated carbocycles. The van der Waals surface area contributed by atoms with Crippen LogP contribution in [0.15, 0.2) is 30.3 Å². The zero-order valence-electron chi connectivity index (χ0n) is 16.0. The van der Waals surface area contributed by atoms with Gasteiger partial charge in [0.2, 0.25) is 23.6 Å². The van der Waals surface area contributed by atoms with Crippen LogP contribution in [-0.4, -0.2) is 63.5 Å². The number of nitrogens with zero attached hydrogens (tertiary/aromatic N) is 3. The van der Waals surface area contributed by atoms with Crippen LogP contribution in [-0.2, 0) is 25.7 Å². The lowest BCUT2D eigenvalue weighted by molar-refractivity contribution is -0.168. The van der Waals surface area contributed by atoms with Crippen LogP contribution in [0.2, 0.25) is 0 Å². The maximum atomic E-state index is 13.6.